The normalized spacial score (nSPS) is 10.6. The molecule has 1 amide bonds. The van der Waals surface area contributed by atoms with Crippen LogP contribution in [-0.4, -0.2) is 22.2 Å². The fourth-order valence-electron chi connectivity index (χ4n) is 2.22. The van der Waals surface area contributed by atoms with Gasteiger partial charge in [0.2, 0.25) is 0 Å². The van der Waals surface area contributed by atoms with Crippen LogP contribution in [0.1, 0.15) is 27.3 Å². The predicted octanol–water partition coefficient (Wildman–Crippen LogP) is 2.66. The highest BCUT2D eigenvalue weighted by Gasteiger charge is 2.11. The molecule has 0 saturated heterocycles. The van der Waals surface area contributed by atoms with Crippen LogP contribution >= 0.6 is 11.6 Å². The Bertz CT molecular complexity index is 634. The maximum atomic E-state index is 12.0. The molecule has 0 aliphatic rings. The van der Waals surface area contributed by atoms with E-state index in [1.807, 2.05) is 31.6 Å². The monoisotopic (exact) mass is 291 g/mol. The molecule has 0 spiro atoms. The molecule has 1 aromatic heterocycles. The molecule has 0 atom stereocenters. The van der Waals surface area contributed by atoms with Crippen molar-refractivity contribution in [2.24, 2.45) is 7.05 Å². The number of halogens is 1. The van der Waals surface area contributed by atoms with E-state index in [0.29, 0.717) is 17.1 Å². The fourth-order valence-corrected chi connectivity index (χ4v) is 2.44. The minimum Gasteiger partial charge on any atom is -0.352 e. The molecule has 1 N–H and O–H groups in total. The Morgan fingerprint density at radius 2 is 2.05 bits per heavy atom. The molecule has 1 aromatic carbocycles. The van der Waals surface area contributed by atoms with Gasteiger partial charge in [0.15, 0.2) is 0 Å². The van der Waals surface area contributed by atoms with Gasteiger partial charge in [-0.3, -0.25) is 9.48 Å². The van der Waals surface area contributed by atoms with Crippen molar-refractivity contribution in [2.75, 3.05) is 6.54 Å². The zero-order valence-electron chi connectivity index (χ0n) is 11.9. The predicted molar refractivity (Wildman–Crippen MR) is 80.2 cm³/mol. The minimum absolute atomic E-state index is 0.144. The summed E-state index contributed by atoms with van der Waals surface area (Å²) in [6, 6.07) is 7.04. The standard InChI is InChI=1S/C15H18ClN3O/c1-10-12(11(2)19(3)18-10)8-9-17-15(20)13-6-4-5-7-14(13)16/h4-7H,8-9H2,1-3H3,(H,17,20). The lowest BCUT2D eigenvalue weighted by Gasteiger charge is -2.07. The van der Waals surface area contributed by atoms with E-state index < -0.39 is 0 Å². The summed E-state index contributed by atoms with van der Waals surface area (Å²) in [5, 5.41) is 7.73. The highest BCUT2D eigenvalue weighted by molar-refractivity contribution is 6.33. The summed E-state index contributed by atoms with van der Waals surface area (Å²) in [6.45, 7) is 4.58. The van der Waals surface area contributed by atoms with Crippen LogP contribution in [0.4, 0.5) is 0 Å². The smallest absolute Gasteiger partial charge is 0.252 e. The van der Waals surface area contributed by atoms with Crippen LogP contribution in [0.15, 0.2) is 24.3 Å². The summed E-state index contributed by atoms with van der Waals surface area (Å²) < 4.78 is 1.86. The maximum absolute atomic E-state index is 12.0. The Morgan fingerprint density at radius 3 is 2.65 bits per heavy atom. The molecule has 0 radical (unpaired) electrons. The molecule has 0 unspecified atom stereocenters. The van der Waals surface area contributed by atoms with Gasteiger partial charge in [-0.2, -0.15) is 5.10 Å². The molecule has 4 nitrogen and oxygen atoms in total. The number of rotatable bonds is 4. The molecular weight excluding hydrogens is 274 g/mol. The van der Waals surface area contributed by atoms with Crippen molar-refractivity contribution >= 4 is 17.5 Å². The third-order valence-electron chi connectivity index (χ3n) is 3.44. The van der Waals surface area contributed by atoms with Gasteiger partial charge in [0, 0.05) is 19.3 Å². The minimum atomic E-state index is -0.144. The number of aromatic nitrogens is 2. The van der Waals surface area contributed by atoms with Crippen molar-refractivity contribution in [2.45, 2.75) is 20.3 Å². The first-order valence-electron chi connectivity index (χ1n) is 6.52. The number of hydrogen-bond donors (Lipinski definition) is 1. The lowest BCUT2D eigenvalue weighted by atomic mass is 10.1. The summed E-state index contributed by atoms with van der Waals surface area (Å²) in [7, 11) is 1.92. The lowest BCUT2D eigenvalue weighted by molar-refractivity contribution is 0.0954. The van der Waals surface area contributed by atoms with Crippen molar-refractivity contribution in [3.05, 3.63) is 51.8 Å². The number of benzene rings is 1. The van der Waals surface area contributed by atoms with Gasteiger partial charge in [-0.1, -0.05) is 23.7 Å². The van der Waals surface area contributed by atoms with Gasteiger partial charge in [-0.05, 0) is 38.0 Å². The topological polar surface area (TPSA) is 46.9 Å². The summed E-state index contributed by atoms with van der Waals surface area (Å²) in [6.07, 6.45) is 0.766. The fraction of sp³-hybridized carbons (Fsp3) is 0.333. The second kappa shape index (κ2) is 6.09. The molecule has 106 valence electrons. The zero-order chi connectivity index (χ0) is 14.7. The number of nitrogens with zero attached hydrogens (tertiary/aromatic N) is 2. The maximum Gasteiger partial charge on any atom is 0.252 e. The third-order valence-corrected chi connectivity index (χ3v) is 3.77. The second-order valence-corrected chi connectivity index (χ2v) is 5.17. The van der Waals surface area contributed by atoms with Gasteiger partial charge in [-0.25, -0.2) is 0 Å². The quantitative estimate of drug-likeness (QED) is 0.941. The highest BCUT2D eigenvalue weighted by Crippen LogP contribution is 2.15. The van der Waals surface area contributed by atoms with Gasteiger partial charge in [0.25, 0.3) is 5.91 Å². The summed E-state index contributed by atoms with van der Waals surface area (Å²) in [5.41, 5.74) is 3.84. The summed E-state index contributed by atoms with van der Waals surface area (Å²) in [4.78, 5) is 12.0. The largest absolute Gasteiger partial charge is 0.352 e. The van der Waals surface area contributed by atoms with Gasteiger partial charge >= 0.3 is 0 Å². The summed E-state index contributed by atoms with van der Waals surface area (Å²) in [5.74, 6) is -0.144. The molecule has 0 aliphatic heterocycles. The van der Waals surface area contributed by atoms with E-state index in [1.54, 1.807) is 18.2 Å². The van der Waals surface area contributed by atoms with Crippen molar-refractivity contribution < 1.29 is 4.79 Å². The summed E-state index contributed by atoms with van der Waals surface area (Å²) >= 11 is 5.99. The van der Waals surface area contributed by atoms with Crippen LogP contribution in [-0.2, 0) is 13.5 Å². The lowest BCUT2D eigenvalue weighted by Crippen LogP contribution is -2.26. The van der Waals surface area contributed by atoms with E-state index in [2.05, 4.69) is 10.4 Å². The van der Waals surface area contributed by atoms with Crippen LogP contribution in [0.2, 0.25) is 5.02 Å². The van der Waals surface area contributed by atoms with Gasteiger partial charge in [-0.15, -0.1) is 0 Å². The Morgan fingerprint density at radius 1 is 1.35 bits per heavy atom. The van der Waals surface area contributed by atoms with Crippen molar-refractivity contribution in [3.63, 3.8) is 0 Å². The number of hydrogen-bond acceptors (Lipinski definition) is 2. The van der Waals surface area contributed by atoms with Crippen molar-refractivity contribution in [3.8, 4) is 0 Å². The number of carbonyl (C=O) groups is 1. The Kier molecular flexibility index (Phi) is 4.45. The molecule has 20 heavy (non-hydrogen) atoms. The van der Waals surface area contributed by atoms with E-state index in [-0.39, 0.29) is 5.91 Å². The van der Waals surface area contributed by atoms with Gasteiger partial charge < -0.3 is 5.32 Å². The molecule has 0 aliphatic carbocycles. The number of nitrogens with one attached hydrogen (secondary N) is 1. The Balaban J connectivity index is 1.97. The number of aryl methyl sites for hydroxylation is 2. The molecule has 2 aromatic rings. The van der Waals surface area contributed by atoms with Crippen LogP contribution in [0, 0.1) is 13.8 Å². The van der Waals surface area contributed by atoms with Crippen LogP contribution in [0.25, 0.3) is 0 Å². The third kappa shape index (κ3) is 3.02. The SMILES string of the molecule is Cc1nn(C)c(C)c1CCNC(=O)c1ccccc1Cl. The molecule has 5 heteroatoms. The Labute approximate surface area is 123 Å². The highest BCUT2D eigenvalue weighted by atomic mass is 35.5. The van der Waals surface area contributed by atoms with Crippen LogP contribution < -0.4 is 5.32 Å². The van der Waals surface area contributed by atoms with Crippen molar-refractivity contribution in [1.82, 2.24) is 15.1 Å². The first kappa shape index (κ1) is 14.6. The number of carbonyl (C=O) groups excluding carboxylic acids is 1. The average Bonchev–Trinajstić information content (AvgIpc) is 2.65. The first-order chi connectivity index (χ1) is 9.50. The van der Waals surface area contributed by atoms with Gasteiger partial charge in [0.1, 0.15) is 0 Å². The van der Waals surface area contributed by atoms with E-state index in [4.69, 9.17) is 11.6 Å². The molecule has 0 saturated carbocycles. The molecule has 0 fully saturated rings. The zero-order valence-corrected chi connectivity index (χ0v) is 12.7. The molecule has 2 rings (SSSR count). The molecule has 0 bridgehead atoms. The molecule has 1 heterocycles. The van der Waals surface area contributed by atoms with Crippen molar-refractivity contribution in [1.29, 1.82) is 0 Å². The second-order valence-electron chi connectivity index (χ2n) is 4.76. The average molecular weight is 292 g/mol. The number of amides is 1. The van der Waals surface area contributed by atoms with E-state index in [9.17, 15) is 4.79 Å². The van der Waals surface area contributed by atoms with E-state index in [1.165, 1.54) is 5.56 Å². The van der Waals surface area contributed by atoms with Crippen LogP contribution in [0.5, 0.6) is 0 Å². The van der Waals surface area contributed by atoms with E-state index >= 15 is 0 Å². The first-order valence-corrected chi connectivity index (χ1v) is 6.90. The van der Waals surface area contributed by atoms with Gasteiger partial charge in [0.05, 0.1) is 16.3 Å². The Hall–Kier alpha value is -1.81. The van der Waals surface area contributed by atoms with Crippen LogP contribution in [0.3, 0.4) is 0 Å². The van der Waals surface area contributed by atoms with E-state index in [0.717, 1.165) is 17.8 Å². The molecular formula is C15H18ClN3O.